The van der Waals surface area contributed by atoms with Crippen molar-refractivity contribution in [2.45, 2.75) is 25.8 Å². The summed E-state index contributed by atoms with van der Waals surface area (Å²) in [6.07, 6.45) is 3.40. The van der Waals surface area contributed by atoms with Crippen LogP contribution in [-0.4, -0.2) is 33.0 Å². The smallest absolute Gasteiger partial charge is 0.254 e. The first-order valence-corrected chi connectivity index (χ1v) is 10.7. The summed E-state index contributed by atoms with van der Waals surface area (Å²) in [5, 5.41) is 16.3. The number of hydrogen-bond donors (Lipinski definition) is 1. The van der Waals surface area contributed by atoms with E-state index in [2.05, 4.69) is 16.5 Å². The zero-order valence-electron chi connectivity index (χ0n) is 18.6. The van der Waals surface area contributed by atoms with E-state index in [0.29, 0.717) is 34.5 Å². The molecule has 1 aliphatic heterocycles. The van der Waals surface area contributed by atoms with Gasteiger partial charge in [0.05, 0.1) is 29.8 Å². The van der Waals surface area contributed by atoms with Crippen molar-refractivity contribution in [3.63, 3.8) is 0 Å². The van der Waals surface area contributed by atoms with Crippen LogP contribution in [0.25, 0.3) is 0 Å². The monoisotopic (exact) mass is 445 g/mol. The fourth-order valence-corrected chi connectivity index (χ4v) is 4.34. The number of benzene rings is 2. The number of nitrogens with zero attached hydrogens (tertiary/aromatic N) is 4. The zero-order chi connectivity index (χ0) is 23.7. The molecule has 2 aromatic carbocycles. The van der Waals surface area contributed by atoms with Crippen LogP contribution in [0.5, 0.6) is 0 Å². The third-order valence-corrected chi connectivity index (χ3v) is 5.66. The van der Waals surface area contributed by atoms with Crippen molar-refractivity contribution in [1.29, 1.82) is 5.26 Å². The minimum atomic E-state index is -0.873. The highest BCUT2D eigenvalue weighted by Crippen LogP contribution is 2.43. The molecular weight excluding hydrogens is 421 g/mol. The first-order chi connectivity index (χ1) is 15.8. The Kier molecular flexibility index (Phi) is 5.97. The second kappa shape index (κ2) is 8.87. The Morgan fingerprint density at radius 3 is 2.73 bits per heavy atom. The summed E-state index contributed by atoms with van der Waals surface area (Å²) in [7, 11) is 1.76. The van der Waals surface area contributed by atoms with Crippen LogP contribution in [0.2, 0.25) is 0 Å². The van der Waals surface area contributed by atoms with Crippen molar-refractivity contribution in [2.75, 3.05) is 11.9 Å². The lowest BCUT2D eigenvalue weighted by Crippen LogP contribution is -2.47. The van der Waals surface area contributed by atoms with Crippen LogP contribution in [0.3, 0.4) is 0 Å². The molecule has 0 saturated heterocycles. The van der Waals surface area contributed by atoms with Crippen LogP contribution >= 0.6 is 0 Å². The molecule has 7 nitrogen and oxygen atoms in total. The Morgan fingerprint density at radius 1 is 1.27 bits per heavy atom. The summed E-state index contributed by atoms with van der Waals surface area (Å²) in [6, 6.07) is 11.9. The summed E-state index contributed by atoms with van der Waals surface area (Å²) >= 11 is 0. The van der Waals surface area contributed by atoms with Gasteiger partial charge in [0.1, 0.15) is 5.82 Å². The molecule has 0 spiro atoms. The number of carbonyl (C=O) groups is 2. The molecule has 0 saturated carbocycles. The lowest BCUT2D eigenvalue weighted by molar-refractivity contribution is -0.119. The molecule has 1 aromatic heterocycles. The number of nitriles is 1. The number of amides is 2. The van der Waals surface area contributed by atoms with Crippen LogP contribution in [0.15, 0.2) is 54.9 Å². The van der Waals surface area contributed by atoms with E-state index in [9.17, 15) is 19.2 Å². The quantitative estimate of drug-likeness (QED) is 0.643. The molecule has 2 atom stereocenters. The number of carbonyl (C=O) groups excluding carboxylic acids is 2. The van der Waals surface area contributed by atoms with E-state index < -0.39 is 23.7 Å². The van der Waals surface area contributed by atoms with Gasteiger partial charge in [0, 0.05) is 36.6 Å². The zero-order valence-corrected chi connectivity index (χ0v) is 18.6. The van der Waals surface area contributed by atoms with E-state index in [0.717, 1.165) is 0 Å². The third kappa shape index (κ3) is 4.35. The molecule has 0 fully saturated rings. The standard InChI is InChI=1S/C25H24FN5O2/c1-15(2)13-31-23(17-12-28-30(3)14-17)22(21-10-18(26)7-8-20(21)25(31)33)24(32)29-19-6-4-5-16(9-19)11-27/h4-10,12,14-15,22-23H,13H2,1-3H3,(H,29,32)/t22-,23+/m1/s1. The number of hydrogen-bond acceptors (Lipinski definition) is 4. The maximum Gasteiger partial charge on any atom is 0.254 e. The number of halogens is 1. The molecule has 3 aromatic rings. The summed E-state index contributed by atoms with van der Waals surface area (Å²) in [4.78, 5) is 28.8. The summed E-state index contributed by atoms with van der Waals surface area (Å²) < 4.78 is 15.9. The molecule has 8 heteroatoms. The van der Waals surface area contributed by atoms with E-state index in [1.807, 2.05) is 13.8 Å². The number of fused-ring (bicyclic) bond motifs is 1. The Morgan fingerprint density at radius 2 is 2.06 bits per heavy atom. The topological polar surface area (TPSA) is 91.0 Å². The molecule has 0 bridgehead atoms. The lowest BCUT2D eigenvalue weighted by atomic mass is 9.79. The Hall–Kier alpha value is -3.99. The minimum Gasteiger partial charge on any atom is -0.330 e. The van der Waals surface area contributed by atoms with E-state index in [1.54, 1.807) is 53.3 Å². The number of aryl methyl sites for hydroxylation is 1. The highest BCUT2D eigenvalue weighted by molar-refractivity contribution is 6.04. The van der Waals surface area contributed by atoms with Gasteiger partial charge in [-0.15, -0.1) is 0 Å². The van der Waals surface area contributed by atoms with E-state index in [4.69, 9.17) is 0 Å². The average molecular weight is 445 g/mol. The molecule has 0 unspecified atom stereocenters. The maximum atomic E-state index is 14.3. The lowest BCUT2D eigenvalue weighted by Gasteiger charge is -2.42. The van der Waals surface area contributed by atoms with Gasteiger partial charge in [-0.3, -0.25) is 14.3 Å². The molecule has 2 amide bonds. The summed E-state index contributed by atoms with van der Waals surface area (Å²) in [5.41, 5.74) is 2.19. The van der Waals surface area contributed by atoms with Gasteiger partial charge in [0.2, 0.25) is 5.91 Å². The van der Waals surface area contributed by atoms with E-state index >= 15 is 0 Å². The molecule has 168 valence electrons. The number of aromatic nitrogens is 2. The van der Waals surface area contributed by atoms with Gasteiger partial charge in [-0.05, 0) is 47.9 Å². The van der Waals surface area contributed by atoms with Gasteiger partial charge in [-0.25, -0.2) is 4.39 Å². The molecular formula is C25H24FN5O2. The van der Waals surface area contributed by atoms with Gasteiger partial charge >= 0.3 is 0 Å². The Labute approximate surface area is 191 Å². The van der Waals surface area contributed by atoms with Gasteiger partial charge in [-0.2, -0.15) is 10.4 Å². The van der Waals surface area contributed by atoms with Gasteiger partial charge in [0.25, 0.3) is 5.91 Å². The van der Waals surface area contributed by atoms with Crippen molar-refractivity contribution >= 4 is 17.5 Å². The molecule has 0 radical (unpaired) electrons. The molecule has 4 rings (SSSR count). The van der Waals surface area contributed by atoms with Crippen molar-refractivity contribution in [3.8, 4) is 6.07 Å². The van der Waals surface area contributed by atoms with Gasteiger partial charge in [-0.1, -0.05) is 19.9 Å². The van der Waals surface area contributed by atoms with Crippen LogP contribution in [-0.2, 0) is 11.8 Å². The van der Waals surface area contributed by atoms with Gasteiger partial charge < -0.3 is 10.2 Å². The third-order valence-electron chi connectivity index (χ3n) is 5.66. The van der Waals surface area contributed by atoms with E-state index in [1.165, 1.54) is 18.2 Å². The molecule has 0 aliphatic carbocycles. The van der Waals surface area contributed by atoms with Crippen molar-refractivity contribution in [3.05, 3.63) is 82.9 Å². The Bertz CT molecular complexity index is 1260. The van der Waals surface area contributed by atoms with E-state index in [-0.39, 0.29) is 11.8 Å². The first-order valence-electron chi connectivity index (χ1n) is 10.7. The van der Waals surface area contributed by atoms with Crippen LogP contribution < -0.4 is 5.32 Å². The highest BCUT2D eigenvalue weighted by Gasteiger charge is 2.45. The number of nitrogens with one attached hydrogen (secondary N) is 1. The predicted molar refractivity (Wildman–Crippen MR) is 121 cm³/mol. The van der Waals surface area contributed by atoms with Gasteiger partial charge in [0.15, 0.2) is 0 Å². The summed E-state index contributed by atoms with van der Waals surface area (Å²) in [5.74, 6) is -1.89. The normalized spacial score (nSPS) is 17.6. The van der Waals surface area contributed by atoms with Crippen LogP contribution in [0, 0.1) is 23.1 Å². The van der Waals surface area contributed by atoms with Crippen molar-refractivity contribution in [2.24, 2.45) is 13.0 Å². The summed E-state index contributed by atoms with van der Waals surface area (Å²) in [6.45, 7) is 4.41. The molecule has 33 heavy (non-hydrogen) atoms. The van der Waals surface area contributed by atoms with Crippen LogP contribution in [0.1, 0.15) is 52.9 Å². The first kappa shape index (κ1) is 22.2. The number of rotatable bonds is 5. The van der Waals surface area contributed by atoms with Crippen molar-refractivity contribution in [1.82, 2.24) is 14.7 Å². The minimum absolute atomic E-state index is 0.145. The fourth-order valence-electron chi connectivity index (χ4n) is 4.34. The second-order valence-corrected chi connectivity index (χ2v) is 8.63. The largest absolute Gasteiger partial charge is 0.330 e. The molecule has 1 N–H and O–H groups in total. The average Bonchev–Trinajstić information content (AvgIpc) is 3.20. The molecule has 2 heterocycles. The van der Waals surface area contributed by atoms with Crippen molar-refractivity contribution < 1.29 is 14.0 Å². The van der Waals surface area contributed by atoms with Crippen LogP contribution in [0.4, 0.5) is 10.1 Å². The SMILES string of the molecule is CC(C)CN1C(=O)c2ccc(F)cc2[C@@H](C(=O)Nc2cccc(C#N)c2)[C@@H]1c1cnn(C)c1. The maximum absolute atomic E-state index is 14.3. The highest BCUT2D eigenvalue weighted by atomic mass is 19.1. The molecule has 1 aliphatic rings. The second-order valence-electron chi connectivity index (χ2n) is 8.63. The fraction of sp³-hybridized carbons (Fsp3) is 0.280. The predicted octanol–water partition coefficient (Wildman–Crippen LogP) is 4.01. The Balaban J connectivity index is 1.86. The number of anilines is 1.